The number of benzene rings is 2. The van der Waals surface area contributed by atoms with Crippen LogP contribution in [0, 0.1) is 13.8 Å². The van der Waals surface area contributed by atoms with Crippen molar-refractivity contribution in [2.24, 2.45) is 0 Å². The number of nitrogens with zero attached hydrogens (tertiary/aromatic N) is 1. The normalized spacial score (nSPS) is 12.0. The van der Waals surface area contributed by atoms with Gasteiger partial charge in [-0.25, -0.2) is 4.79 Å². The third-order valence-corrected chi connectivity index (χ3v) is 4.46. The van der Waals surface area contributed by atoms with Crippen LogP contribution < -0.4 is 4.74 Å². The molecule has 5 heteroatoms. The van der Waals surface area contributed by atoms with Crippen molar-refractivity contribution in [3.05, 3.63) is 77.0 Å². The molecule has 0 aliphatic heterocycles. The molecule has 0 spiro atoms. The average Bonchev–Trinajstić information content (AvgIpc) is 2.69. The third kappa shape index (κ3) is 5.86. The van der Waals surface area contributed by atoms with Gasteiger partial charge in [-0.15, -0.1) is 0 Å². The molecule has 0 saturated carbocycles. The fourth-order valence-corrected chi connectivity index (χ4v) is 3.07. The Kier molecular flexibility index (Phi) is 8.08. The van der Waals surface area contributed by atoms with Crippen molar-refractivity contribution in [1.29, 1.82) is 0 Å². The SMILES string of the molecule is COC(=O)/C=C/N(C)CCOc1cc(C)cc(C)c1C(OC)c1ccccc1. The lowest BCUT2D eigenvalue weighted by Gasteiger charge is -2.23. The Morgan fingerprint density at radius 1 is 1.14 bits per heavy atom. The lowest BCUT2D eigenvalue weighted by Crippen LogP contribution is -2.20. The zero-order valence-corrected chi connectivity index (χ0v) is 17.3. The van der Waals surface area contributed by atoms with Crippen molar-refractivity contribution < 1.29 is 19.0 Å². The van der Waals surface area contributed by atoms with Gasteiger partial charge in [0.05, 0.1) is 13.7 Å². The molecule has 0 heterocycles. The van der Waals surface area contributed by atoms with Crippen LogP contribution in [-0.4, -0.2) is 45.3 Å². The first-order chi connectivity index (χ1) is 13.5. The van der Waals surface area contributed by atoms with Crippen LogP contribution in [-0.2, 0) is 14.3 Å². The van der Waals surface area contributed by atoms with E-state index >= 15 is 0 Å². The Morgan fingerprint density at radius 2 is 1.86 bits per heavy atom. The van der Waals surface area contributed by atoms with Crippen molar-refractivity contribution in [2.75, 3.05) is 34.4 Å². The summed E-state index contributed by atoms with van der Waals surface area (Å²) in [6.07, 6.45) is 2.87. The standard InChI is InChI=1S/C23H29NO4/c1-17-15-18(2)22(23(27-5)19-9-7-6-8-10-19)20(16-17)28-14-13-24(3)12-11-21(25)26-4/h6-12,15-16,23H,13-14H2,1-5H3/b12-11+. The Balaban J connectivity index is 2.18. The molecule has 1 atom stereocenters. The third-order valence-electron chi connectivity index (χ3n) is 4.46. The molecule has 0 radical (unpaired) electrons. The van der Waals surface area contributed by atoms with Crippen molar-refractivity contribution >= 4 is 5.97 Å². The molecule has 0 N–H and O–H groups in total. The van der Waals surface area contributed by atoms with Gasteiger partial charge < -0.3 is 19.1 Å². The van der Waals surface area contributed by atoms with Crippen molar-refractivity contribution in [3.63, 3.8) is 0 Å². The Hall–Kier alpha value is -2.79. The molecule has 0 amide bonds. The van der Waals surface area contributed by atoms with Crippen molar-refractivity contribution in [3.8, 4) is 5.75 Å². The molecular formula is C23H29NO4. The first-order valence-corrected chi connectivity index (χ1v) is 9.24. The highest BCUT2D eigenvalue weighted by Gasteiger charge is 2.21. The van der Waals surface area contributed by atoms with Gasteiger partial charge in [0, 0.05) is 32.0 Å². The van der Waals surface area contributed by atoms with Gasteiger partial charge >= 0.3 is 5.97 Å². The highest BCUT2D eigenvalue weighted by atomic mass is 16.5. The molecule has 0 aliphatic rings. The topological polar surface area (TPSA) is 48.0 Å². The monoisotopic (exact) mass is 383 g/mol. The fraction of sp³-hybridized carbons (Fsp3) is 0.348. The average molecular weight is 383 g/mol. The summed E-state index contributed by atoms with van der Waals surface area (Å²) in [7, 11) is 4.95. The molecule has 0 aliphatic carbocycles. The summed E-state index contributed by atoms with van der Waals surface area (Å²) in [5, 5.41) is 0. The number of esters is 1. The lowest BCUT2D eigenvalue weighted by atomic mass is 9.95. The first kappa shape index (κ1) is 21.5. The number of methoxy groups -OCH3 is 2. The number of aryl methyl sites for hydroxylation is 2. The number of carbonyl (C=O) groups is 1. The highest BCUT2D eigenvalue weighted by Crippen LogP contribution is 2.36. The number of rotatable bonds is 9. The maximum Gasteiger partial charge on any atom is 0.331 e. The summed E-state index contributed by atoms with van der Waals surface area (Å²) < 4.78 is 16.6. The van der Waals surface area contributed by atoms with E-state index in [9.17, 15) is 4.79 Å². The molecule has 2 aromatic carbocycles. The van der Waals surface area contributed by atoms with Gasteiger partial charge in [-0.1, -0.05) is 36.4 Å². The summed E-state index contributed by atoms with van der Waals surface area (Å²) >= 11 is 0. The largest absolute Gasteiger partial charge is 0.491 e. The van der Waals surface area contributed by atoms with Crippen LogP contribution in [0.5, 0.6) is 5.75 Å². The predicted octanol–water partition coefficient (Wildman–Crippen LogP) is 4.04. The van der Waals surface area contributed by atoms with Crippen LogP contribution in [0.15, 0.2) is 54.7 Å². The number of carbonyl (C=O) groups excluding carboxylic acids is 1. The molecule has 2 rings (SSSR count). The van der Waals surface area contributed by atoms with E-state index in [1.807, 2.05) is 36.2 Å². The van der Waals surface area contributed by atoms with Crippen LogP contribution in [0.25, 0.3) is 0 Å². The lowest BCUT2D eigenvalue weighted by molar-refractivity contribution is -0.134. The summed E-state index contributed by atoms with van der Waals surface area (Å²) in [4.78, 5) is 13.1. The minimum absolute atomic E-state index is 0.200. The maximum absolute atomic E-state index is 11.2. The van der Waals surface area contributed by atoms with Gasteiger partial charge in [0.1, 0.15) is 18.5 Å². The molecule has 0 saturated heterocycles. The Bertz CT molecular complexity index is 802. The van der Waals surface area contributed by atoms with E-state index in [1.165, 1.54) is 13.2 Å². The summed E-state index contributed by atoms with van der Waals surface area (Å²) in [6, 6.07) is 14.3. The smallest absolute Gasteiger partial charge is 0.331 e. The van der Waals surface area contributed by atoms with E-state index in [0.717, 1.165) is 28.0 Å². The van der Waals surface area contributed by atoms with Gasteiger partial charge in [0.25, 0.3) is 0 Å². The van der Waals surface area contributed by atoms with Gasteiger partial charge in [-0.05, 0) is 36.6 Å². The molecule has 0 fully saturated rings. The van der Waals surface area contributed by atoms with Gasteiger partial charge in [-0.2, -0.15) is 0 Å². The van der Waals surface area contributed by atoms with E-state index in [-0.39, 0.29) is 12.1 Å². The van der Waals surface area contributed by atoms with Crippen LogP contribution >= 0.6 is 0 Å². The molecule has 1 unspecified atom stereocenters. The Morgan fingerprint density at radius 3 is 2.50 bits per heavy atom. The highest BCUT2D eigenvalue weighted by molar-refractivity contribution is 5.81. The van der Waals surface area contributed by atoms with E-state index in [2.05, 4.69) is 36.8 Å². The molecule has 0 aromatic heterocycles. The van der Waals surface area contributed by atoms with Gasteiger partial charge in [0.15, 0.2) is 0 Å². The quantitative estimate of drug-likeness (QED) is 0.483. The Labute approximate surface area is 167 Å². The minimum Gasteiger partial charge on any atom is -0.491 e. The van der Waals surface area contributed by atoms with Gasteiger partial charge in [-0.3, -0.25) is 0 Å². The second-order valence-electron chi connectivity index (χ2n) is 6.69. The molecule has 150 valence electrons. The van der Waals surface area contributed by atoms with E-state index in [4.69, 9.17) is 9.47 Å². The molecular weight excluding hydrogens is 354 g/mol. The first-order valence-electron chi connectivity index (χ1n) is 9.24. The molecule has 0 bridgehead atoms. The summed E-state index contributed by atoms with van der Waals surface area (Å²) in [6.45, 7) is 5.24. The second-order valence-corrected chi connectivity index (χ2v) is 6.69. The van der Waals surface area contributed by atoms with Crippen molar-refractivity contribution in [2.45, 2.75) is 20.0 Å². The molecule has 5 nitrogen and oxygen atoms in total. The van der Waals surface area contributed by atoms with E-state index in [0.29, 0.717) is 13.2 Å². The summed E-state index contributed by atoms with van der Waals surface area (Å²) in [5.74, 6) is 0.439. The predicted molar refractivity (Wildman–Crippen MR) is 110 cm³/mol. The number of hydrogen-bond acceptors (Lipinski definition) is 5. The van der Waals surface area contributed by atoms with E-state index < -0.39 is 0 Å². The van der Waals surface area contributed by atoms with Crippen molar-refractivity contribution in [1.82, 2.24) is 4.90 Å². The molecule has 2 aromatic rings. The zero-order chi connectivity index (χ0) is 20.5. The number of ether oxygens (including phenoxy) is 3. The minimum atomic E-state index is -0.379. The van der Waals surface area contributed by atoms with Crippen LogP contribution in [0.2, 0.25) is 0 Å². The van der Waals surface area contributed by atoms with Crippen LogP contribution in [0.4, 0.5) is 0 Å². The summed E-state index contributed by atoms with van der Waals surface area (Å²) in [5.41, 5.74) is 4.38. The number of hydrogen-bond donors (Lipinski definition) is 0. The second kappa shape index (κ2) is 10.5. The molecule has 28 heavy (non-hydrogen) atoms. The van der Waals surface area contributed by atoms with Crippen LogP contribution in [0.1, 0.15) is 28.4 Å². The fourth-order valence-electron chi connectivity index (χ4n) is 3.07. The number of likely N-dealkylation sites (N-methyl/N-ethyl adjacent to an activating group) is 1. The van der Waals surface area contributed by atoms with E-state index in [1.54, 1.807) is 13.3 Å². The van der Waals surface area contributed by atoms with Crippen LogP contribution in [0.3, 0.4) is 0 Å². The van der Waals surface area contributed by atoms with Gasteiger partial charge in [0.2, 0.25) is 0 Å². The maximum atomic E-state index is 11.2. The zero-order valence-electron chi connectivity index (χ0n) is 17.3.